The molecular formula is C8H12ClN3OS. The van der Waals surface area contributed by atoms with Crippen LogP contribution in [-0.4, -0.2) is 28.2 Å². The first-order valence-electron chi connectivity index (χ1n) is 4.13. The lowest BCUT2D eigenvalue weighted by Gasteiger charge is -2.13. The molecule has 0 saturated heterocycles. The van der Waals surface area contributed by atoms with E-state index >= 15 is 0 Å². The molecule has 0 aliphatic carbocycles. The van der Waals surface area contributed by atoms with E-state index in [0.29, 0.717) is 5.69 Å². The summed E-state index contributed by atoms with van der Waals surface area (Å²) in [4.78, 5) is 11.1. The predicted molar refractivity (Wildman–Crippen MR) is 61.3 cm³/mol. The maximum Gasteiger partial charge on any atom is 0.285 e. The number of H-pyrrole nitrogens is 1. The minimum atomic E-state index is -0.368. The fraction of sp³-hybridized carbons (Fsp3) is 0.500. The highest BCUT2D eigenvalue weighted by Crippen LogP contribution is 2.16. The average Bonchev–Trinajstić information content (AvgIpc) is 2.13. The molecule has 0 fully saturated rings. The molecule has 1 rings (SSSR count). The van der Waals surface area contributed by atoms with Crippen LogP contribution in [0.1, 0.15) is 6.92 Å². The van der Waals surface area contributed by atoms with Crippen LogP contribution < -0.4 is 10.9 Å². The summed E-state index contributed by atoms with van der Waals surface area (Å²) in [6.45, 7) is 2.02. The van der Waals surface area contributed by atoms with Gasteiger partial charge in [-0.05, 0) is 13.2 Å². The fourth-order valence-corrected chi connectivity index (χ4v) is 1.77. The van der Waals surface area contributed by atoms with Gasteiger partial charge in [-0.25, -0.2) is 5.10 Å². The van der Waals surface area contributed by atoms with Crippen LogP contribution in [0.25, 0.3) is 0 Å². The first-order valence-corrected chi connectivity index (χ1v) is 5.91. The number of aromatic nitrogens is 2. The van der Waals surface area contributed by atoms with Crippen molar-refractivity contribution < 1.29 is 0 Å². The summed E-state index contributed by atoms with van der Waals surface area (Å²) < 4.78 is 0. The lowest BCUT2D eigenvalue weighted by atomic mass is 10.3. The number of aromatic amines is 1. The molecule has 6 heteroatoms. The molecule has 4 nitrogen and oxygen atoms in total. The van der Waals surface area contributed by atoms with Gasteiger partial charge in [-0.3, -0.25) is 4.79 Å². The number of anilines is 1. The molecule has 0 aromatic carbocycles. The van der Waals surface area contributed by atoms with Crippen LogP contribution in [0.15, 0.2) is 11.0 Å². The highest BCUT2D eigenvalue weighted by Gasteiger charge is 2.07. The minimum Gasteiger partial charge on any atom is -0.379 e. The third-order valence-electron chi connectivity index (χ3n) is 1.61. The van der Waals surface area contributed by atoms with Gasteiger partial charge in [-0.1, -0.05) is 11.6 Å². The third-order valence-corrected chi connectivity index (χ3v) is 2.82. The molecule has 0 bridgehead atoms. The second kappa shape index (κ2) is 5.26. The largest absolute Gasteiger partial charge is 0.379 e. The number of rotatable bonds is 4. The van der Waals surface area contributed by atoms with Gasteiger partial charge in [-0.2, -0.15) is 16.9 Å². The number of hydrogen-bond acceptors (Lipinski definition) is 4. The van der Waals surface area contributed by atoms with E-state index < -0.39 is 0 Å². The van der Waals surface area contributed by atoms with Crippen LogP contribution in [-0.2, 0) is 0 Å². The van der Waals surface area contributed by atoms with Crippen molar-refractivity contribution in [3.8, 4) is 0 Å². The third kappa shape index (κ3) is 2.92. The van der Waals surface area contributed by atoms with E-state index in [1.807, 2.05) is 13.2 Å². The predicted octanol–water partition coefficient (Wildman–Crippen LogP) is 1.59. The van der Waals surface area contributed by atoms with Gasteiger partial charge in [0, 0.05) is 11.8 Å². The Bertz CT molecular complexity index is 355. The van der Waals surface area contributed by atoms with Crippen LogP contribution >= 0.6 is 23.4 Å². The van der Waals surface area contributed by atoms with Crippen LogP contribution in [0, 0.1) is 0 Å². The van der Waals surface area contributed by atoms with E-state index in [4.69, 9.17) is 11.6 Å². The Labute approximate surface area is 91.4 Å². The highest BCUT2D eigenvalue weighted by molar-refractivity contribution is 7.98. The SMILES string of the molecule is CSCC(C)Nc1cn[nH]c(=O)c1Cl. The molecule has 0 aliphatic rings. The summed E-state index contributed by atoms with van der Waals surface area (Å²) >= 11 is 7.51. The van der Waals surface area contributed by atoms with Crippen molar-refractivity contribution in [3.05, 3.63) is 21.6 Å². The summed E-state index contributed by atoms with van der Waals surface area (Å²) in [5, 5.41) is 9.21. The first-order chi connectivity index (χ1) is 6.65. The summed E-state index contributed by atoms with van der Waals surface area (Å²) in [5.74, 6) is 0.948. The molecule has 1 unspecified atom stereocenters. The van der Waals surface area contributed by atoms with Crippen LogP contribution in [0.3, 0.4) is 0 Å². The van der Waals surface area contributed by atoms with Crippen molar-refractivity contribution >= 4 is 29.1 Å². The first kappa shape index (κ1) is 11.4. The fourth-order valence-electron chi connectivity index (χ4n) is 1.04. The Morgan fingerprint density at radius 2 is 2.50 bits per heavy atom. The number of nitrogens with zero attached hydrogens (tertiary/aromatic N) is 1. The van der Waals surface area contributed by atoms with Crippen molar-refractivity contribution in [1.29, 1.82) is 0 Å². The second-order valence-electron chi connectivity index (χ2n) is 2.93. The van der Waals surface area contributed by atoms with E-state index in [0.717, 1.165) is 5.75 Å². The molecule has 14 heavy (non-hydrogen) atoms. The van der Waals surface area contributed by atoms with Gasteiger partial charge in [-0.15, -0.1) is 0 Å². The molecule has 2 N–H and O–H groups in total. The molecule has 1 aromatic heterocycles. The van der Waals surface area contributed by atoms with E-state index in [-0.39, 0.29) is 16.6 Å². The highest BCUT2D eigenvalue weighted by atomic mass is 35.5. The van der Waals surface area contributed by atoms with Crippen molar-refractivity contribution in [1.82, 2.24) is 10.2 Å². The summed E-state index contributed by atoms with van der Waals surface area (Å²) in [6, 6.07) is 0.256. The molecule has 1 heterocycles. The topological polar surface area (TPSA) is 57.8 Å². The van der Waals surface area contributed by atoms with Crippen molar-refractivity contribution in [2.45, 2.75) is 13.0 Å². The molecule has 0 radical (unpaired) electrons. The number of nitrogens with one attached hydrogen (secondary N) is 2. The van der Waals surface area contributed by atoms with E-state index in [9.17, 15) is 4.79 Å². The number of hydrogen-bond donors (Lipinski definition) is 2. The molecule has 0 saturated carbocycles. The summed E-state index contributed by atoms with van der Waals surface area (Å²) in [6.07, 6.45) is 3.54. The Morgan fingerprint density at radius 3 is 3.14 bits per heavy atom. The van der Waals surface area contributed by atoms with Gasteiger partial charge in [0.05, 0.1) is 11.9 Å². The Hall–Kier alpha value is -0.680. The molecule has 0 aliphatic heterocycles. The second-order valence-corrected chi connectivity index (χ2v) is 4.22. The molecule has 1 aromatic rings. The van der Waals surface area contributed by atoms with Gasteiger partial charge in [0.25, 0.3) is 5.56 Å². The molecule has 1 atom stereocenters. The zero-order valence-corrected chi connectivity index (χ0v) is 9.58. The smallest absolute Gasteiger partial charge is 0.285 e. The van der Waals surface area contributed by atoms with Crippen LogP contribution in [0.5, 0.6) is 0 Å². The maximum absolute atomic E-state index is 11.1. The molecule has 0 spiro atoms. The number of halogens is 1. The Kier molecular flexibility index (Phi) is 4.28. The molecule has 0 amide bonds. The van der Waals surface area contributed by atoms with Gasteiger partial charge < -0.3 is 5.32 Å². The van der Waals surface area contributed by atoms with Crippen LogP contribution in [0.2, 0.25) is 5.02 Å². The van der Waals surface area contributed by atoms with E-state index in [1.165, 1.54) is 6.20 Å². The minimum absolute atomic E-state index is 0.160. The van der Waals surface area contributed by atoms with Gasteiger partial charge >= 0.3 is 0 Å². The maximum atomic E-state index is 11.1. The molecule has 78 valence electrons. The average molecular weight is 234 g/mol. The van der Waals surface area contributed by atoms with Gasteiger partial charge in [0.1, 0.15) is 5.02 Å². The zero-order valence-electron chi connectivity index (χ0n) is 8.00. The van der Waals surface area contributed by atoms with E-state index in [1.54, 1.807) is 11.8 Å². The van der Waals surface area contributed by atoms with Crippen molar-refractivity contribution in [2.24, 2.45) is 0 Å². The Balaban J connectivity index is 2.76. The summed E-state index contributed by atoms with van der Waals surface area (Å²) in [5.41, 5.74) is 0.213. The molecular weight excluding hydrogens is 222 g/mol. The van der Waals surface area contributed by atoms with E-state index in [2.05, 4.69) is 15.5 Å². The standard InChI is InChI=1S/C8H12ClN3OS/c1-5(4-14-2)11-6-3-10-12-8(13)7(6)9/h3,5H,4H2,1-2H3,(H2,11,12,13). The van der Waals surface area contributed by atoms with Crippen LogP contribution in [0.4, 0.5) is 5.69 Å². The zero-order chi connectivity index (χ0) is 10.6. The van der Waals surface area contributed by atoms with Gasteiger partial charge in [0.2, 0.25) is 0 Å². The summed E-state index contributed by atoms with van der Waals surface area (Å²) in [7, 11) is 0. The quantitative estimate of drug-likeness (QED) is 0.829. The normalized spacial score (nSPS) is 12.5. The lowest BCUT2D eigenvalue weighted by molar-refractivity contribution is 0.900. The van der Waals surface area contributed by atoms with Crippen molar-refractivity contribution in [3.63, 3.8) is 0 Å². The number of thioether (sulfide) groups is 1. The Morgan fingerprint density at radius 1 is 1.79 bits per heavy atom. The van der Waals surface area contributed by atoms with Gasteiger partial charge in [0.15, 0.2) is 0 Å². The monoisotopic (exact) mass is 233 g/mol. The lowest BCUT2D eigenvalue weighted by Crippen LogP contribution is -2.20. The van der Waals surface area contributed by atoms with Crippen molar-refractivity contribution in [2.75, 3.05) is 17.3 Å².